The molecule has 4 aromatic rings. The van der Waals surface area contributed by atoms with Crippen molar-refractivity contribution in [3.05, 3.63) is 95.4 Å². The van der Waals surface area contributed by atoms with Gasteiger partial charge in [0.25, 0.3) is 5.91 Å². The van der Waals surface area contributed by atoms with Crippen LogP contribution >= 0.6 is 11.3 Å². The quantitative estimate of drug-likeness (QED) is 0.457. The molecule has 1 amide bonds. The maximum Gasteiger partial charge on any atom is 0.338 e. The number of nitrogens with zero attached hydrogens (tertiary/aromatic N) is 1. The van der Waals surface area contributed by atoms with Crippen LogP contribution in [0.4, 0.5) is 5.69 Å². The van der Waals surface area contributed by atoms with Gasteiger partial charge in [-0.25, -0.2) is 9.78 Å². The molecule has 6 nitrogen and oxygen atoms in total. The van der Waals surface area contributed by atoms with Gasteiger partial charge < -0.3 is 14.5 Å². The zero-order chi connectivity index (χ0) is 20.1. The molecule has 29 heavy (non-hydrogen) atoms. The van der Waals surface area contributed by atoms with E-state index in [1.54, 1.807) is 36.4 Å². The van der Waals surface area contributed by atoms with Crippen molar-refractivity contribution in [3.63, 3.8) is 0 Å². The summed E-state index contributed by atoms with van der Waals surface area (Å²) in [5, 5.41) is 5.45. The molecule has 0 bridgehead atoms. The van der Waals surface area contributed by atoms with Gasteiger partial charge >= 0.3 is 5.97 Å². The lowest BCUT2D eigenvalue weighted by atomic mass is 10.2. The molecule has 4 rings (SSSR count). The molecule has 2 heterocycles. The van der Waals surface area contributed by atoms with E-state index in [-0.39, 0.29) is 18.3 Å². The van der Waals surface area contributed by atoms with Crippen LogP contribution in [0.5, 0.6) is 0 Å². The smallest absolute Gasteiger partial charge is 0.338 e. The summed E-state index contributed by atoms with van der Waals surface area (Å²) in [5.74, 6) is -0.599. The Labute approximate surface area is 170 Å². The maximum atomic E-state index is 12.3. The van der Waals surface area contributed by atoms with Crippen LogP contribution in [0.15, 0.2) is 82.8 Å². The van der Waals surface area contributed by atoms with Crippen LogP contribution in [-0.2, 0) is 11.3 Å². The van der Waals surface area contributed by atoms with E-state index < -0.39 is 5.97 Å². The lowest BCUT2D eigenvalue weighted by Crippen LogP contribution is -2.11. The van der Waals surface area contributed by atoms with Gasteiger partial charge in [0.05, 0.1) is 17.5 Å². The predicted octanol–water partition coefficient (Wildman–Crippen LogP) is 5.01. The Balaban J connectivity index is 1.33. The number of thiazole rings is 1. The number of ether oxygens (including phenoxy) is 1. The number of carbonyl (C=O) groups is 2. The highest BCUT2D eigenvalue weighted by atomic mass is 32.1. The number of carbonyl (C=O) groups excluding carboxylic acids is 2. The Morgan fingerprint density at radius 2 is 1.79 bits per heavy atom. The van der Waals surface area contributed by atoms with E-state index in [2.05, 4.69) is 10.3 Å². The zero-order valence-corrected chi connectivity index (χ0v) is 16.0. The average molecular weight is 404 g/mol. The van der Waals surface area contributed by atoms with Crippen LogP contribution in [0, 0.1) is 0 Å². The SMILES string of the molecule is O=C(OCc1csc(-c2ccccc2)n1)c1ccc(NC(=O)c2ccco2)cc1. The average Bonchev–Trinajstić information content (AvgIpc) is 3.45. The highest BCUT2D eigenvalue weighted by Gasteiger charge is 2.12. The van der Waals surface area contributed by atoms with E-state index in [4.69, 9.17) is 9.15 Å². The summed E-state index contributed by atoms with van der Waals surface area (Å²) in [5.41, 5.74) is 2.67. The number of aromatic nitrogens is 1. The van der Waals surface area contributed by atoms with Crippen molar-refractivity contribution < 1.29 is 18.7 Å². The lowest BCUT2D eigenvalue weighted by Gasteiger charge is -2.06. The molecule has 0 spiro atoms. The summed E-state index contributed by atoms with van der Waals surface area (Å²) in [6, 6.07) is 19.5. The molecule has 0 saturated carbocycles. The van der Waals surface area contributed by atoms with E-state index in [1.165, 1.54) is 17.6 Å². The van der Waals surface area contributed by atoms with Crippen LogP contribution < -0.4 is 5.32 Å². The zero-order valence-electron chi connectivity index (χ0n) is 15.2. The van der Waals surface area contributed by atoms with E-state index in [1.807, 2.05) is 35.7 Å². The maximum absolute atomic E-state index is 12.3. The highest BCUT2D eigenvalue weighted by Crippen LogP contribution is 2.23. The molecule has 0 aliphatic rings. The van der Waals surface area contributed by atoms with Gasteiger partial charge in [0, 0.05) is 16.6 Å². The standard InChI is InChI=1S/C22H16N2O4S/c25-20(19-7-4-12-27-19)23-17-10-8-16(9-11-17)22(26)28-13-18-14-29-21(24-18)15-5-2-1-3-6-15/h1-12,14H,13H2,(H,23,25). The largest absolute Gasteiger partial charge is 0.459 e. The lowest BCUT2D eigenvalue weighted by molar-refractivity contribution is 0.0468. The Hall–Kier alpha value is -3.71. The van der Waals surface area contributed by atoms with Gasteiger partial charge in [0.1, 0.15) is 11.6 Å². The molecule has 1 N–H and O–H groups in total. The minimum atomic E-state index is -0.455. The third kappa shape index (κ3) is 4.59. The predicted molar refractivity (Wildman–Crippen MR) is 110 cm³/mol. The first kappa shape index (κ1) is 18.6. The molecule has 0 aliphatic heterocycles. The van der Waals surface area contributed by atoms with E-state index in [0.717, 1.165) is 10.6 Å². The fourth-order valence-electron chi connectivity index (χ4n) is 2.60. The van der Waals surface area contributed by atoms with Crippen LogP contribution in [0.1, 0.15) is 26.6 Å². The second-order valence-electron chi connectivity index (χ2n) is 6.09. The molecule has 7 heteroatoms. The van der Waals surface area contributed by atoms with Crippen molar-refractivity contribution >= 4 is 28.9 Å². The topological polar surface area (TPSA) is 81.4 Å². The van der Waals surface area contributed by atoms with Crippen molar-refractivity contribution in [1.29, 1.82) is 0 Å². The summed E-state index contributed by atoms with van der Waals surface area (Å²) in [4.78, 5) is 28.7. The van der Waals surface area contributed by atoms with Crippen LogP contribution in [-0.4, -0.2) is 16.9 Å². The number of amides is 1. The first-order valence-electron chi connectivity index (χ1n) is 8.81. The molecule has 0 radical (unpaired) electrons. The molecule has 0 aliphatic carbocycles. The normalized spacial score (nSPS) is 10.5. The Morgan fingerprint density at radius 1 is 1.00 bits per heavy atom. The summed E-state index contributed by atoms with van der Waals surface area (Å²) in [6.07, 6.45) is 1.43. The first-order chi connectivity index (χ1) is 14.2. The fraction of sp³-hybridized carbons (Fsp3) is 0.0455. The van der Waals surface area contributed by atoms with Gasteiger partial charge in [-0.15, -0.1) is 11.3 Å². The van der Waals surface area contributed by atoms with Crippen LogP contribution in [0.25, 0.3) is 10.6 Å². The summed E-state index contributed by atoms with van der Waals surface area (Å²) >= 11 is 1.51. The van der Waals surface area contributed by atoms with Crippen molar-refractivity contribution in [3.8, 4) is 10.6 Å². The Kier molecular flexibility index (Phi) is 5.49. The van der Waals surface area contributed by atoms with Crippen LogP contribution in [0.3, 0.4) is 0 Å². The number of benzene rings is 2. The van der Waals surface area contributed by atoms with Gasteiger partial charge in [-0.3, -0.25) is 4.79 Å². The molecule has 0 atom stereocenters. The molecular weight excluding hydrogens is 388 g/mol. The monoisotopic (exact) mass is 404 g/mol. The van der Waals surface area contributed by atoms with Crippen molar-refractivity contribution in [2.24, 2.45) is 0 Å². The third-order valence-corrected chi connectivity index (χ3v) is 4.99. The molecular formula is C22H16N2O4S. The van der Waals surface area contributed by atoms with E-state index in [9.17, 15) is 9.59 Å². The number of furan rings is 1. The molecule has 0 unspecified atom stereocenters. The van der Waals surface area contributed by atoms with E-state index in [0.29, 0.717) is 16.9 Å². The van der Waals surface area contributed by atoms with E-state index >= 15 is 0 Å². The van der Waals surface area contributed by atoms with Gasteiger partial charge in [-0.1, -0.05) is 30.3 Å². The minimum Gasteiger partial charge on any atom is -0.459 e. The summed E-state index contributed by atoms with van der Waals surface area (Å²) in [6.45, 7) is 0.0964. The highest BCUT2D eigenvalue weighted by molar-refractivity contribution is 7.13. The van der Waals surface area contributed by atoms with Crippen LogP contribution in [0.2, 0.25) is 0 Å². The van der Waals surface area contributed by atoms with Crippen molar-refractivity contribution in [2.75, 3.05) is 5.32 Å². The molecule has 2 aromatic heterocycles. The third-order valence-electron chi connectivity index (χ3n) is 4.05. The molecule has 0 fully saturated rings. The van der Waals surface area contributed by atoms with Gasteiger partial charge in [-0.2, -0.15) is 0 Å². The van der Waals surface area contributed by atoms with Crippen molar-refractivity contribution in [2.45, 2.75) is 6.61 Å². The number of hydrogen-bond donors (Lipinski definition) is 1. The Bertz CT molecular complexity index is 1100. The van der Waals surface area contributed by atoms with Gasteiger partial charge in [0.15, 0.2) is 5.76 Å². The summed E-state index contributed by atoms with van der Waals surface area (Å²) < 4.78 is 10.4. The fourth-order valence-corrected chi connectivity index (χ4v) is 3.41. The minimum absolute atomic E-state index is 0.0964. The number of rotatable bonds is 6. The second kappa shape index (κ2) is 8.53. The number of anilines is 1. The molecule has 2 aromatic carbocycles. The van der Waals surface area contributed by atoms with Gasteiger partial charge in [-0.05, 0) is 36.4 Å². The molecule has 144 valence electrons. The number of esters is 1. The number of nitrogens with one attached hydrogen (secondary N) is 1. The van der Waals surface area contributed by atoms with Crippen molar-refractivity contribution in [1.82, 2.24) is 4.98 Å². The summed E-state index contributed by atoms with van der Waals surface area (Å²) in [7, 11) is 0. The number of hydrogen-bond acceptors (Lipinski definition) is 6. The second-order valence-corrected chi connectivity index (χ2v) is 6.95. The molecule has 0 saturated heterocycles. The first-order valence-corrected chi connectivity index (χ1v) is 9.69. The Morgan fingerprint density at radius 3 is 2.52 bits per heavy atom. The van der Waals surface area contributed by atoms with Gasteiger partial charge in [0.2, 0.25) is 0 Å².